The van der Waals surface area contributed by atoms with E-state index in [1.165, 1.54) is 58.0 Å². The van der Waals surface area contributed by atoms with Crippen molar-refractivity contribution >= 4 is 5.97 Å². The van der Waals surface area contributed by atoms with Crippen molar-refractivity contribution in [1.29, 1.82) is 0 Å². The molecule has 2 aliphatic carbocycles. The highest BCUT2D eigenvalue weighted by Gasteiger charge is 2.51. The number of carbonyl (C=O) groups excluding carboxylic acids is 1. The van der Waals surface area contributed by atoms with Gasteiger partial charge in [0.1, 0.15) is 6.10 Å². The summed E-state index contributed by atoms with van der Waals surface area (Å²) in [7, 11) is 0. The molecular weight excluding hydrogens is 372 g/mol. The molecule has 1 aliphatic heterocycles. The predicted octanol–water partition coefficient (Wildman–Crippen LogP) is 5.18. The van der Waals surface area contributed by atoms with Crippen LogP contribution in [0.2, 0.25) is 0 Å². The maximum atomic E-state index is 12.6. The van der Waals surface area contributed by atoms with Gasteiger partial charge in [-0.3, -0.25) is 4.79 Å². The van der Waals surface area contributed by atoms with E-state index < -0.39 is 0 Å². The van der Waals surface area contributed by atoms with Gasteiger partial charge in [-0.1, -0.05) is 58.6 Å². The fourth-order valence-corrected chi connectivity index (χ4v) is 6.07. The van der Waals surface area contributed by atoms with Crippen molar-refractivity contribution in [2.24, 2.45) is 23.2 Å². The van der Waals surface area contributed by atoms with Crippen LogP contribution < -0.4 is 5.32 Å². The molecule has 1 heterocycles. The van der Waals surface area contributed by atoms with Crippen LogP contribution in [0.5, 0.6) is 0 Å². The smallest absolute Gasteiger partial charge is 0.311 e. The molecule has 0 bridgehead atoms. The SMILES string of the molecule is CCCCN(CCCC)CCCNC[C@@H]1C(=O)O[C@@H]2C[C@@]3(C)CCC[C@H](C)C3=C[C@H]12. The van der Waals surface area contributed by atoms with Crippen LogP contribution in [0.1, 0.15) is 85.5 Å². The van der Waals surface area contributed by atoms with Crippen LogP contribution in [0.3, 0.4) is 0 Å². The molecular formula is C26H46N2O2. The van der Waals surface area contributed by atoms with E-state index in [0.717, 1.165) is 32.5 Å². The van der Waals surface area contributed by atoms with Crippen molar-refractivity contribution in [3.8, 4) is 0 Å². The van der Waals surface area contributed by atoms with E-state index in [0.29, 0.717) is 5.92 Å². The lowest BCUT2D eigenvalue weighted by molar-refractivity contribution is -0.145. The standard InChI is InChI=1S/C26H46N2O2/c1-5-7-14-28(15-8-6-2)16-10-13-27-19-22-21-17-23-20(3)11-9-12-26(23,4)18-24(21)30-25(22)29/h17,20-22,24,27H,5-16,18-19H2,1-4H3/t20-,21+,22-,24+,26+/m0/s1. The topological polar surface area (TPSA) is 41.6 Å². The maximum Gasteiger partial charge on any atom is 0.311 e. The minimum atomic E-state index is -0.00235. The number of carbonyl (C=O) groups is 1. The Balaban J connectivity index is 1.48. The lowest BCUT2D eigenvalue weighted by Gasteiger charge is -2.46. The first-order valence-corrected chi connectivity index (χ1v) is 12.8. The van der Waals surface area contributed by atoms with E-state index in [1.807, 2.05) is 0 Å². The number of nitrogens with zero attached hydrogens (tertiary/aromatic N) is 1. The van der Waals surface area contributed by atoms with Crippen molar-refractivity contribution in [2.45, 2.75) is 91.6 Å². The molecule has 0 radical (unpaired) electrons. The Morgan fingerprint density at radius 1 is 1.17 bits per heavy atom. The van der Waals surface area contributed by atoms with Gasteiger partial charge in [0.05, 0.1) is 5.92 Å². The molecule has 1 saturated carbocycles. The summed E-state index contributed by atoms with van der Waals surface area (Å²) in [4.78, 5) is 15.3. The molecule has 5 atom stereocenters. The van der Waals surface area contributed by atoms with E-state index >= 15 is 0 Å². The number of unbranched alkanes of at least 4 members (excludes halogenated alkanes) is 2. The fourth-order valence-electron chi connectivity index (χ4n) is 6.07. The summed E-state index contributed by atoms with van der Waals surface area (Å²) in [6, 6.07) is 0. The zero-order valence-corrected chi connectivity index (χ0v) is 20.0. The van der Waals surface area contributed by atoms with Crippen molar-refractivity contribution in [2.75, 3.05) is 32.7 Å². The van der Waals surface area contributed by atoms with Gasteiger partial charge >= 0.3 is 5.97 Å². The molecule has 0 aromatic rings. The van der Waals surface area contributed by atoms with Gasteiger partial charge in [-0.05, 0) is 76.0 Å². The highest BCUT2D eigenvalue weighted by Crippen LogP contribution is 2.53. The zero-order chi connectivity index (χ0) is 21.6. The number of esters is 1. The predicted molar refractivity (Wildman–Crippen MR) is 124 cm³/mol. The molecule has 1 N–H and O–H groups in total. The van der Waals surface area contributed by atoms with Gasteiger partial charge in [-0.25, -0.2) is 0 Å². The largest absolute Gasteiger partial charge is 0.461 e. The number of fused-ring (bicyclic) bond motifs is 2. The number of hydrogen-bond acceptors (Lipinski definition) is 4. The highest BCUT2D eigenvalue weighted by molar-refractivity contribution is 5.76. The number of nitrogens with one attached hydrogen (secondary N) is 1. The lowest BCUT2D eigenvalue weighted by Crippen LogP contribution is -2.40. The molecule has 0 spiro atoms. The van der Waals surface area contributed by atoms with Crippen LogP contribution in [-0.4, -0.2) is 49.7 Å². The highest BCUT2D eigenvalue weighted by atomic mass is 16.6. The Bertz CT molecular complexity index is 582. The second kappa shape index (κ2) is 11.1. The first-order chi connectivity index (χ1) is 14.5. The minimum absolute atomic E-state index is 0.00235. The summed E-state index contributed by atoms with van der Waals surface area (Å²) in [5.41, 5.74) is 1.86. The van der Waals surface area contributed by atoms with E-state index in [9.17, 15) is 4.79 Å². The molecule has 3 rings (SSSR count). The van der Waals surface area contributed by atoms with E-state index in [2.05, 4.69) is 44.0 Å². The Labute approximate surface area is 185 Å². The molecule has 0 aromatic carbocycles. The summed E-state index contributed by atoms with van der Waals surface area (Å²) >= 11 is 0. The molecule has 2 fully saturated rings. The average Bonchev–Trinajstić information content (AvgIpc) is 3.01. The van der Waals surface area contributed by atoms with Crippen molar-refractivity contribution < 1.29 is 9.53 Å². The normalized spacial score (nSPS) is 33.2. The van der Waals surface area contributed by atoms with Gasteiger partial charge in [0.25, 0.3) is 0 Å². The summed E-state index contributed by atoms with van der Waals surface area (Å²) in [5.74, 6) is 0.958. The number of rotatable bonds is 12. The van der Waals surface area contributed by atoms with Crippen molar-refractivity contribution in [1.82, 2.24) is 10.2 Å². The first-order valence-electron chi connectivity index (χ1n) is 12.8. The van der Waals surface area contributed by atoms with Gasteiger partial charge in [0, 0.05) is 12.5 Å². The first kappa shape index (κ1) is 23.8. The van der Waals surface area contributed by atoms with Crippen LogP contribution in [0, 0.1) is 23.2 Å². The third-order valence-electron chi connectivity index (χ3n) is 7.93. The third kappa shape index (κ3) is 5.68. The molecule has 3 aliphatic rings. The maximum absolute atomic E-state index is 12.6. The van der Waals surface area contributed by atoms with Crippen LogP contribution in [-0.2, 0) is 9.53 Å². The molecule has 4 heteroatoms. The molecule has 0 amide bonds. The van der Waals surface area contributed by atoms with Crippen LogP contribution >= 0.6 is 0 Å². The van der Waals surface area contributed by atoms with E-state index in [4.69, 9.17) is 4.74 Å². The second-order valence-electron chi connectivity index (χ2n) is 10.4. The molecule has 0 unspecified atom stereocenters. The van der Waals surface area contributed by atoms with Gasteiger partial charge in [0.15, 0.2) is 0 Å². The Kier molecular flexibility index (Phi) is 8.82. The van der Waals surface area contributed by atoms with Crippen molar-refractivity contribution in [3.63, 3.8) is 0 Å². The molecule has 30 heavy (non-hydrogen) atoms. The second-order valence-corrected chi connectivity index (χ2v) is 10.4. The van der Waals surface area contributed by atoms with E-state index in [-0.39, 0.29) is 29.3 Å². The Hall–Kier alpha value is -0.870. The zero-order valence-electron chi connectivity index (χ0n) is 20.0. The Morgan fingerprint density at radius 2 is 1.87 bits per heavy atom. The fraction of sp³-hybridized carbons (Fsp3) is 0.885. The van der Waals surface area contributed by atoms with Crippen LogP contribution in [0.4, 0.5) is 0 Å². The quantitative estimate of drug-likeness (QED) is 0.269. The summed E-state index contributed by atoms with van der Waals surface area (Å²) < 4.78 is 5.88. The molecule has 1 saturated heterocycles. The molecule has 0 aromatic heterocycles. The molecule has 4 nitrogen and oxygen atoms in total. The van der Waals surface area contributed by atoms with Gasteiger partial charge in [-0.2, -0.15) is 0 Å². The summed E-state index contributed by atoms with van der Waals surface area (Å²) in [5, 5.41) is 3.59. The Morgan fingerprint density at radius 3 is 2.57 bits per heavy atom. The summed E-state index contributed by atoms with van der Waals surface area (Å²) in [6.45, 7) is 14.7. The van der Waals surface area contributed by atoms with Gasteiger partial charge in [-0.15, -0.1) is 0 Å². The van der Waals surface area contributed by atoms with Crippen molar-refractivity contribution in [3.05, 3.63) is 11.6 Å². The van der Waals surface area contributed by atoms with E-state index in [1.54, 1.807) is 5.57 Å². The number of allylic oxidation sites excluding steroid dienone is 1. The minimum Gasteiger partial charge on any atom is -0.461 e. The number of ether oxygens (including phenoxy) is 1. The third-order valence-corrected chi connectivity index (χ3v) is 7.93. The van der Waals surface area contributed by atoms with Crippen LogP contribution in [0.15, 0.2) is 11.6 Å². The van der Waals surface area contributed by atoms with Crippen LogP contribution in [0.25, 0.3) is 0 Å². The molecule has 172 valence electrons. The van der Waals surface area contributed by atoms with Gasteiger partial charge < -0.3 is 15.0 Å². The lowest BCUT2D eigenvalue weighted by atomic mass is 9.59. The number of hydrogen-bond donors (Lipinski definition) is 1. The van der Waals surface area contributed by atoms with Gasteiger partial charge in [0.2, 0.25) is 0 Å². The average molecular weight is 419 g/mol. The monoisotopic (exact) mass is 418 g/mol. The summed E-state index contributed by atoms with van der Waals surface area (Å²) in [6.07, 6.45) is 13.7.